The Bertz CT molecular complexity index is 490. The first-order valence-corrected chi connectivity index (χ1v) is 6.31. The third-order valence-corrected chi connectivity index (χ3v) is 3.27. The van der Waals surface area contributed by atoms with Gasteiger partial charge in [0.15, 0.2) is 5.79 Å². The third-order valence-electron chi connectivity index (χ3n) is 3.04. The lowest BCUT2D eigenvalue weighted by atomic mass is 9.90. The lowest BCUT2D eigenvalue weighted by Crippen LogP contribution is -2.32. The molecule has 0 aliphatic carbocycles. The largest absolute Gasteiger partial charge is 0.340 e. The maximum absolute atomic E-state index is 6.03. The monoisotopic (exact) mass is 264 g/mol. The molecule has 0 radical (unpaired) electrons. The van der Waals surface area contributed by atoms with E-state index in [1.807, 2.05) is 45.0 Å². The van der Waals surface area contributed by atoms with Gasteiger partial charge in [0, 0.05) is 11.4 Å². The molecule has 0 saturated carbocycles. The summed E-state index contributed by atoms with van der Waals surface area (Å²) in [5, 5.41) is 0.684. The molecular weight excluding hydrogens is 248 g/mol. The van der Waals surface area contributed by atoms with Crippen molar-refractivity contribution in [2.75, 3.05) is 0 Å². The van der Waals surface area contributed by atoms with Crippen LogP contribution in [0.2, 0.25) is 5.02 Å². The zero-order valence-corrected chi connectivity index (χ0v) is 11.6. The summed E-state index contributed by atoms with van der Waals surface area (Å²) in [6.45, 7) is 5.77. The molecule has 1 aliphatic rings. The summed E-state index contributed by atoms with van der Waals surface area (Å²) in [7, 11) is 0. The number of rotatable bonds is 2. The fraction of sp³-hybridized carbons (Fsp3) is 0.467. The molecule has 2 nitrogen and oxygen atoms in total. The van der Waals surface area contributed by atoms with Crippen LogP contribution in [0.25, 0.3) is 0 Å². The Morgan fingerprint density at radius 1 is 1.39 bits per heavy atom. The molecule has 1 aromatic carbocycles. The molecular formula is C15H17ClO2. The highest BCUT2D eigenvalue weighted by Gasteiger charge is 2.50. The predicted molar refractivity (Wildman–Crippen MR) is 72.3 cm³/mol. The summed E-state index contributed by atoms with van der Waals surface area (Å²) in [4.78, 5) is 0. The minimum atomic E-state index is -0.640. The molecule has 0 bridgehead atoms. The van der Waals surface area contributed by atoms with Gasteiger partial charge in [0.1, 0.15) is 11.7 Å². The highest BCUT2D eigenvalue weighted by atomic mass is 35.5. The minimum absolute atomic E-state index is 0.206. The standard InChI is InChI=1S/C15H17ClO2/c1-5-9-15(4)13(17-14(2,3)18-15)11-7-6-8-12(16)10-11/h1,6-8,10,13H,9H2,2-4H3/t13-,15-/m1/s1. The Hall–Kier alpha value is -1.01. The number of hydrogen-bond donors (Lipinski definition) is 0. The van der Waals surface area contributed by atoms with E-state index < -0.39 is 11.4 Å². The lowest BCUT2D eigenvalue weighted by molar-refractivity contribution is -0.159. The molecule has 0 amide bonds. The van der Waals surface area contributed by atoms with Crippen molar-refractivity contribution in [2.45, 2.75) is 44.7 Å². The lowest BCUT2D eigenvalue weighted by Gasteiger charge is -2.27. The van der Waals surface area contributed by atoms with Gasteiger partial charge in [0.05, 0.1) is 0 Å². The molecule has 0 spiro atoms. The fourth-order valence-electron chi connectivity index (χ4n) is 2.47. The van der Waals surface area contributed by atoms with E-state index in [0.29, 0.717) is 11.4 Å². The van der Waals surface area contributed by atoms with Crippen LogP contribution in [-0.2, 0) is 9.47 Å². The summed E-state index contributed by atoms with van der Waals surface area (Å²) >= 11 is 6.03. The molecule has 3 heteroatoms. The maximum Gasteiger partial charge on any atom is 0.164 e. The molecule has 1 fully saturated rings. The zero-order valence-electron chi connectivity index (χ0n) is 10.9. The molecule has 1 heterocycles. The molecule has 1 aliphatic heterocycles. The summed E-state index contributed by atoms with van der Waals surface area (Å²) < 4.78 is 12.0. The second-order valence-corrected chi connectivity index (χ2v) is 5.68. The molecule has 96 valence electrons. The van der Waals surface area contributed by atoms with Crippen molar-refractivity contribution in [3.8, 4) is 12.3 Å². The van der Waals surface area contributed by atoms with Gasteiger partial charge in [-0.1, -0.05) is 23.7 Å². The molecule has 1 saturated heterocycles. The Morgan fingerprint density at radius 2 is 2.11 bits per heavy atom. The Kier molecular flexibility index (Phi) is 3.42. The second kappa shape index (κ2) is 4.59. The van der Waals surface area contributed by atoms with Crippen LogP contribution in [0.3, 0.4) is 0 Å². The van der Waals surface area contributed by atoms with Gasteiger partial charge in [0.25, 0.3) is 0 Å². The summed E-state index contributed by atoms with van der Waals surface area (Å²) in [6.07, 6.45) is 5.73. The quantitative estimate of drug-likeness (QED) is 0.753. The van der Waals surface area contributed by atoms with Crippen molar-refractivity contribution in [1.82, 2.24) is 0 Å². The molecule has 1 aromatic rings. The van der Waals surface area contributed by atoms with Crippen LogP contribution in [0.1, 0.15) is 38.9 Å². The molecule has 18 heavy (non-hydrogen) atoms. The van der Waals surface area contributed by atoms with Gasteiger partial charge in [-0.2, -0.15) is 0 Å². The second-order valence-electron chi connectivity index (χ2n) is 5.25. The van der Waals surface area contributed by atoms with Gasteiger partial charge in [-0.05, 0) is 38.5 Å². The van der Waals surface area contributed by atoms with Gasteiger partial charge < -0.3 is 9.47 Å². The Balaban J connectivity index is 2.39. The van der Waals surface area contributed by atoms with Gasteiger partial charge in [-0.15, -0.1) is 12.3 Å². The van der Waals surface area contributed by atoms with Crippen LogP contribution in [-0.4, -0.2) is 11.4 Å². The SMILES string of the molecule is C#CC[C@@]1(C)OC(C)(C)O[C@@H]1c1cccc(Cl)c1. The summed E-state index contributed by atoms with van der Waals surface area (Å²) in [5.41, 5.74) is 0.467. The fourth-order valence-corrected chi connectivity index (χ4v) is 2.67. The number of benzene rings is 1. The summed E-state index contributed by atoms with van der Waals surface area (Å²) in [5.74, 6) is 2.02. The number of ether oxygens (including phenoxy) is 2. The molecule has 0 unspecified atom stereocenters. The first kappa shape index (κ1) is 13.4. The van der Waals surface area contributed by atoms with E-state index in [4.69, 9.17) is 27.5 Å². The Labute approximate surface area is 113 Å². The van der Waals surface area contributed by atoms with Gasteiger partial charge in [-0.3, -0.25) is 0 Å². The van der Waals surface area contributed by atoms with E-state index in [1.54, 1.807) is 0 Å². The van der Waals surface area contributed by atoms with Crippen LogP contribution in [0, 0.1) is 12.3 Å². The van der Waals surface area contributed by atoms with Gasteiger partial charge >= 0.3 is 0 Å². The molecule has 2 rings (SSSR count). The average Bonchev–Trinajstić information content (AvgIpc) is 2.49. The van der Waals surface area contributed by atoms with Crippen molar-refractivity contribution >= 4 is 11.6 Å². The highest BCUT2D eigenvalue weighted by Crippen LogP contribution is 2.47. The average molecular weight is 265 g/mol. The van der Waals surface area contributed by atoms with Crippen molar-refractivity contribution in [3.63, 3.8) is 0 Å². The van der Waals surface area contributed by atoms with Crippen molar-refractivity contribution < 1.29 is 9.47 Å². The molecule has 0 aromatic heterocycles. The maximum atomic E-state index is 6.03. The number of hydrogen-bond acceptors (Lipinski definition) is 2. The van der Waals surface area contributed by atoms with E-state index in [0.717, 1.165) is 5.56 Å². The highest BCUT2D eigenvalue weighted by molar-refractivity contribution is 6.30. The van der Waals surface area contributed by atoms with Gasteiger partial charge in [0.2, 0.25) is 0 Å². The third kappa shape index (κ3) is 2.54. The summed E-state index contributed by atoms with van der Waals surface area (Å²) in [6, 6.07) is 7.62. The van der Waals surface area contributed by atoms with Crippen molar-refractivity contribution in [1.29, 1.82) is 0 Å². The van der Waals surface area contributed by atoms with E-state index >= 15 is 0 Å². The van der Waals surface area contributed by atoms with E-state index in [1.165, 1.54) is 0 Å². The normalized spacial score (nSPS) is 30.1. The topological polar surface area (TPSA) is 18.5 Å². The van der Waals surface area contributed by atoms with E-state index in [2.05, 4.69) is 5.92 Å². The number of halogens is 1. The molecule has 0 N–H and O–H groups in total. The smallest absolute Gasteiger partial charge is 0.164 e. The predicted octanol–water partition coefficient (Wildman–Crippen LogP) is 3.95. The van der Waals surface area contributed by atoms with Crippen LogP contribution < -0.4 is 0 Å². The van der Waals surface area contributed by atoms with Crippen molar-refractivity contribution in [2.24, 2.45) is 0 Å². The number of terminal acetylenes is 1. The first-order chi connectivity index (χ1) is 8.36. The zero-order chi connectivity index (χ0) is 13.4. The van der Waals surface area contributed by atoms with Crippen molar-refractivity contribution in [3.05, 3.63) is 34.9 Å². The first-order valence-electron chi connectivity index (χ1n) is 5.93. The van der Waals surface area contributed by atoms with Crippen LogP contribution in [0.4, 0.5) is 0 Å². The molecule has 2 atom stereocenters. The van der Waals surface area contributed by atoms with Crippen LogP contribution >= 0.6 is 11.6 Å². The minimum Gasteiger partial charge on any atom is -0.340 e. The Morgan fingerprint density at radius 3 is 2.72 bits per heavy atom. The van der Waals surface area contributed by atoms with Gasteiger partial charge in [-0.25, -0.2) is 0 Å². The van der Waals surface area contributed by atoms with E-state index in [-0.39, 0.29) is 6.10 Å². The van der Waals surface area contributed by atoms with E-state index in [9.17, 15) is 0 Å². The van der Waals surface area contributed by atoms with Crippen LogP contribution in [0.15, 0.2) is 24.3 Å². The van der Waals surface area contributed by atoms with Crippen LogP contribution in [0.5, 0.6) is 0 Å².